The summed E-state index contributed by atoms with van der Waals surface area (Å²) in [5.74, 6) is -0.172. The lowest BCUT2D eigenvalue weighted by Crippen LogP contribution is -2.34. The quantitative estimate of drug-likeness (QED) is 0.789. The van der Waals surface area contributed by atoms with Gasteiger partial charge in [-0.25, -0.2) is 0 Å². The van der Waals surface area contributed by atoms with Crippen molar-refractivity contribution in [3.05, 3.63) is 34.7 Å². The second-order valence-corrected chi connectivity index (χ2v) is 3.78. The molecule has 0 aromatic carbocycles. The Labute approximate surface area is 106 Å². The summed E-state index contributed by atoms with van der Waals surface area (Å²) in [5, 5.41) is 2.71. The summed E-state index contributed by atoms with van der Waals surface area (Å²) >= 11 is 0. The van der Waals surface area contributed by atoms with Crippen LogP contribution in [0.2, 0.25) is 0 Å². The van der Waals surface area contributed by atoms with E-state index in [0.29, 0.717) is 6.54 Å². The molecular formula is C11H18ClN3O2. The summed E-state index contributed by atoms with van der Waals surface area (Å²) in [5.41, 5.74) is 5.37. The molecule has 0 saturated heterocycles. The Morgan fingerprint density at radius 1 is 1.53 bits per heavy atom. The lowest BCUT2D eigenvalue weighted by Gasteiger charge is -2.08. The van der Waals surface area contributed by atoms with E-state index in [1.807, 2.05) is 6.92 Å². The minimum Gasteiger partial charge on any atom is -0.354 e. The SMILES string of the molecule is CC(N)CCNC(=O)Cn1ccccc1=O.Cl. The second kappa shape index (κ2) is 7.86. The van der Waals surface area contributed by atoms with Crippen LogP contribution in [0.25, 0.3) is 0 Å². The van der Waals surface area contributed by atoms with Crippen LogP contribution >= 0.6 is 12.4 Å². The van der Waals surface area contributed by atoms with Gasteiger partial charge in [0.15, 0.2) is 0 Å². The molecule has 1 aromatic rings. The first-order valence-corrected chi connectivity index (χ1v) is 5.27. The second-order valence-electron chi connectivity index (χ2n) is 3.78. The van der Waals surface area contributed by atoms with Crippen molar-refractivity contribution in [2.45, 2.75) is 25.9 Å². The largest absolute Gasteiger partial charge is 0.354 e. The summed E-state index contributed by atoms with van der Waals surface area (Å²) < 4.78 is 1.36. The number of amides is 1. The summed E-state index contributed by atoms with van der Waals surface area (Å²) in [6, 6.07) is 4.86. The van der Waals surface area contributed by atoms with Gasteiger partial charge in [0, 0.05) is 24.8 Å². The fourth-order valence-corrected chi connectivity index (χ4v) is 1.24. The first-order chi connectivity index (χ1) is 7.59. The molecule has 0 spiro atoms. The Hall–Kier alpha value is -1.33. The van der Waals surface area contributed by atoms with Gasteiger partial charge < -0.3 is 15.6 Å². The maximum absolute atomic E-state index is 11.4. The van der Waals surface area contributed by atoms with E-state index in [4.69, 9.17) is 5.73 Å². The molecule has 6 heteroatoms. The number of carbonyl (C=O) groups is 1. The molecule has 1 amide bonds. The van der Waals surface area contributed by atoms with Crippen molar-refractivity contribution >= 4 is 18.3 Å². The molecule has 1 heterocycles. The van der Waals surface area contributed by atoms with Gasteiger partial charge in [0.1, 0.15) is 6.54 Å². The molecule has 1 rings (SSSR count). The summed E-state index contributed by atoms with van der Waals surface area (Å²) in [6.07, 6.45) is 2.32. The average Bonchev–Trinajstić information content (AvgIpc) is 2.21. The van der Waals surface area contributed by atoms with Crippen molar-refractivity contribution in [2.24, 2.45) is 5.73 Å². The predicted molar refractivity (Wildman–Crippen MR) is 69.2 cm³/mol. The van der Waals surface area contributed by atoms with Crippen LogP contribution in [-0.4, -0.2) is 23.1 Å². The fraction of sp³-hybridized carbons (Fsp3) is 0.455. The van der Waals surface area contributed by atoms with Gasteiger partial charge >= 0.3 is 0 Å². The molecule has 96 valence electrons. The first-order valence-electron chi connectivity index (χ1n) is 5.27. The van der Waals surface area contributed by atoms with Gasteiger partial charge in [-0.05, 0) is 19.4 Å². The molecule has 0 aliphatic heterocycles. The van der Waals surface area contributed by atoms with Gasteiger partial charge in [0.05, 0.1) is 0 Å². The number of carbonyl (C=O) groups excluding carboxylic acids is 1. The van der Waals surface area contributed by atoms with E-state index in [0.717, 1.165) is 6.42 Å². The number of halogens is 1. The van der Waals surface area contributed by atoms with Crippen molar-refractivity contribution in [1.29, 1.82) is 0 Å². The van der Waals surface area contributed by atoms with E-state index in [-0.39, 0.29) is 36.5 Å². The number of hydrogen-bond acceptors (Lipinski definition) is 3. The van der Waals surface area contributed by atoms with Crippen molar-refractivity contribution in [1.82, 2.24) is 9.88 Å². The van der Waals surface area contributed by atoms with Gasteiger partial charge in [-0.3, -0.25) is 9.59 Å². The highest BCUT2D eigenvalue weighted by atomic mass is 35.5. The zero-order chi connectivity index (χ0) is 12.0. The zero-order valence-electron chi connectivity index (χ0n) is 9.76. The topological polar surface area (TPSA) is 77.1 Å². The van der Waals surface area contributed by atoms with Crippen LogP contribution in [0.4, 0.5) is 0 Å². The minimum absolute atomic E-state index is 0. The number of nitrogens with two attached hydrogens (primary N) is 1. The number of nitrogens with one attached hydrogen (secondary N) is 1. The smallest absolute Gasteiger partial charge is 0.250 e. The highest BCUT2D eigenvalue weighted by Gasteiger charge is 2.03. The Kier molecular flexibility index (Phi) is 7.25. The van der Waals surface area contributed by atoms with Crippen molar-refractivity contribution in [3.63, 3.8) is 0 Å². The Balaban J connectivity index is 0.00000256. The van der Waals surface area contributed by atoms with Crippen LogP contribution in [0.15, 0.2) is 29.2 Å². The molecule has 0 aliphatic carbocycles. The van der Waals surface area contributed by atoms with E-state index in [1.54, 1.807) is 18.3 Å². The number of nitrogens with zero attached hydrogens (tertiary/aromatic N) is 1. The summed E-state index contributed by atoms with van der Waals surface area (Å²) in [7, 11) is 0. The molecule has 0 fully saturated rings. The lowest BCUT2D eigenvalue weighted by atomic mass is 10.2. The average molecular weight is 260 g/mol. The van der Waals surface area contributed by atoms with Gasteiger partial charge in [-0.1, -0.05) is 6.07 Å². The van der Waals surface area contributed by atoms with Gasteiger partial charge in [0.25, 0.3) is 5.56 Å². The van der Waals surface area contributed by atoms with Gasteiger partial charge in [-0.15, -0.1) is 12.4 Å². The Bertz CT molecular complexity index is 404. The van der Waals surface area contributed by atoms with E-state index in [1.165, 1.54) is 10.6 Å². The number of rotatable bonds is 5. The molecular weight excluding hydrogens is 242 g/mol. The molecule has 5 nitrogen and oxygen atoms in total. The third-order valence-electron chi connectivity index (χ3n) is 2.13. The van der Waals surface area contributed by atoms with Crippen LogP contribution in [0, 0.1) is 0 Å². The summed E-state index contributed by atoms with van der Waals surface area (Å²) in [4.78, 5) is 22.7. The highest BCUT2D eigenvalue weighted by Crippen LogP contribution is 1.85. The molecule has 1 atom stereocenters. The minimum atomic E-state index is -0.176. The van der Waals surface area contributed by atoms with Crippen LogP contribution in [0.1, 0.15) is 13.3 Å². The number of pyridine rings is 1. The van der Waals surface area contributed by atoms with E-state index in [9.17, 15) is 9.59 Å². The van der Waals surface area contributed by atoms with Crippen LogP contribution in [-0.2, 0) is 11.3 Å². The van der Waals surface area contributed by atoms with E-state index < -0.39 is 0 Å². The maximum atomic E-state index is 11.4. The maximum Gasteiger partial charge on any atom is 0.250 e. The molecule has 17 heavy (non-hydrogen) atoms. The Morgan fingerprint density at radius 3 is 2.82 bits per heavy atom. The summed E-state index contributed by atoms with van der Waals surface area (Å²) in [6.45, 7) is 2.48. The first kappa shape index (κ1) is 15.7. The molecule has 0 saturated carbocycles. The van der Waals surface area contributed by atoms with Crippen molar-refractivity contribution in [2.75, 3.05) is 6.54 Å². The van der Waals surface area contributed by atoms with Crippen LogP contribution in [0.3, 0.4) is 0 Å². The molecule has 0 radical (unpaired) electrons. The van der Waals surface area contributed by atoms with Crippen molar-refractivity contribution in [3.8, 4) is 0 Å². The lowest BCUT2D eigenvalue weighted by molar-refractivity contribution is -0.121. The fourth-order valence-electron chi connectivity index (χ4n) is 1.24. The number of hydrogen-bond donors (Lipinski definition) is 2. The number of aromatic nitrogens is 1. The van der Waals surface area contributed by atoms with E-state index >= 15 is 0 Å². The normalized spacial score (nSPS) is 11.4. The third-order valence-corrected chi connectivity index (χ3v) is 2.13. The van der Waals surface area contributed by atoms with Gasteiger partial charge in [-0.2, -0.15) is 0 Å². The third kappa shape index (κ3) is 6.09. The Morgan fingerprint density at radius 2 is 2.24 bits per heavy atom. The van der Waals surface area contributed by atoms with E-state index in [2.05, 4.69) is 5.32 Å². The molecule has 3 N–H and O–H groups in total. The predicted octanol–water partition coefficient (Wildman–Crippen LogP) is 0.124. The monoisotopic (exact) mass is 259 g/mol. The molecule has 1 aromatic heterocycles. The van der Waals surface area contributed by atoms with Crippen molar-refractivity contribution < 1.29 is 4.79 Å². The standard InChI is InChI=1S/C11H17N3O2.ClH/c1-9(12)5-6-13-10(15)8-14-7-3-2-4-11(14)16;/h2-4,7,9H,5-6,8,12H2,1H3,(H,13,15);1H. The van der Waals surface area contributed by atoms with Gasteiger partial charge in [0.2, 0.25) is 5.91 Å². The van der Waals surface area contributed by atoms with Crippen LogP contribution in [0.5, 0.6) is 0 Å². The molecule has 1 unspecified atom stereocenters. The molecule has 0 bridgehead atoms. The molecule has 0 aliphatic rings. The van der Waals surface area contributed by atoms with Crippen LogP contribution < -0.4 is 16.6 Å². The zero-order valence-corrected chi connectivity index (χ0v) is 10.6. The highest BCUT2D eigenvalue weighted by molar-refractivity contribution is 5.85.